The Bertz CT molecular complexity index is 726. The second-order valence-electron chi connectivity index (χ2n) is 13.1. The van der Waals surface area contributed by atoms with E-state index >= 15 is 0 Å². The zero-order valence-electron chi connectivity index (χ0n) is 26.9. The molecule has 0 aromatic heterocycles. The molecular weight excluding hydrogens is 532 g/mol. The van der Waals surface area contributed by atoms with Crippen LogP contribution in [0.2, 0.25) is 0 Å². The van der Waals surface area contributed by atoms with Crippen molar-refractivity contribution in [2.24, 2.45) is 0 Å². The minimum Gasteiger partial charge on any atom is -0.455 e. The van der Waals surface area contributed by atoms with E-state index in [-0.39, 0.29) is 24.3 Å². The maximum absolute atomic E-state index is 11.7. The lowest BCUT2D eigenvalue weighted by Gasteiger charge is -2.22. The summed E-state index contributed by atoms with van der Waals surface area (Å²) >= 11 is 0. The van der Waals surface area contributed by atoms with Crippen molar-refractivity contribution in [3.05, 3.63) is 11.6 Å². The summed E-state index contributed by atoms with van der Waals surface area (Å²) < 4.78 is 11.2. The first-order chi connectivity index (χ1) is 20.3. The van der Waals surface area contributed by atoms with Crippen LogP contribution in [0, 0.1) is 0 Å². The molecule has 0 aromatic rings. The van der Waals surface area contributed by atoms with Gasteiger partial charge in [0.25, 0.3) is 0 Å². The fraction of sp³-hybridized carbons (Fsp3) is 0.914. The predicted molar refractivity (Wildman–Crippen MR) is 168 cm³/mol. The number of hydrogen-bond acceptors (Lipinski definition) is 7. The number of unbranched alkanes of at least 4 members (excludes halogenated alkanes) is 13. The molecule has 0 saturated carbocycles. The van der Waals surface area contributed by atoms with Gasteiger partial charge >= 0.3 is 5.97 Å². The minimum absolute atomic E-state index is 0.168. The molecule has 2 aliphatic rings. The Balaban J connectivity index is 1.42. The molecule has 7 atom stereocenters. The molecule has 2 aliphatic heterocycles. The summed E-state index contributed by atoms with van der Waals surface area (Å²) in [5.74, 6) is -0.295. The van der Waals surface area contributed by atoms with E-state index in [0.717, 1.165) is 64.2 Å². The first kappa shape index (κ1) is 37.2. The molecule has 246 valence electrons. The Morgan fingerprint density at radius 2 is 1.31 bits per heavy atom. The zero-order valence-corrected chi connectivity index (χ0v) is 26.9. The lowest BCUT2D eigenvalue weighted by atomic mass is 9.97. The van der Waals surface area contributed by atoms with Gasteiger partial charge in [0.2, 0.25) is 0 Å². The van der Waals surface area contributed by atoms with Crippen LogP contribution < -0.4 is 0 Å². The summed E-state index contributed by atoms with van der Waals surface area (Å²) in [5, 5.41) is 41.6. The molecule has 7 heteroatoms. The number of rotatable bonds is 26. The summed E-state index contributed by atoms with van der Waals surface area (Å²) in [6.45, 7) is 4.07. The van der Waals surface area contributed by atoms with Crippen molar-refractivity contribution in [2.75, 3.05) is 0 Å². The van der Waals surface area contributed by atoms with E-state index in [1.54, 1.807) is 6.08 Å². The van der Waals surface area contributed by atoms with Crippen molar-refractivity contribution in [3.63, 3.8) is 0 Å². The molecule has 7 nitrogen and oxygen atoms in total. The molecule has 1 fully saturated rings. The number of carbonyl (C=O) groups is 1. The molecule has 0 radical (unpaired) electrons. The van der Waals surface area contributed by atoms with Crippen LogP contribution in [0.4, 0.5) is 0 Å². The molecule has 0 unspecified atom stereocenters. The molecule has 4 N–H and O–H groups in total. The van der Waals surface area contributed by atoms with Crippen molar-refractivity contribution in [1.82, 2.24) is 0 Å². The Kier molecular flexibility index (Phi) is 19.9. The third-order valence-electron chi connectivity index (χ3n) is 9.14. The van der Waals surface area contributed by atoms with Gasteiger partial charge in [-0.1, -0.05) is 103 Å². The Morgan fingerprint density at radius 3 is 1.93 bits per heavy atom. The van der Waals surface area contributed by atoms with Gasteiger partial charge in [0.15, 0.2) is 0 Å². The smallest absolute Gasteiger partial charge is 0.334 e. The average molecular weight is 597 g/mol. The summed E-state index contributed by atoms with van der Waals surface area (Å²) in [7, 11) is 0. The van der Waals surface area contributed by atoms with Crippen LogP contribution in [0.25, 0.3) is 0 Å². The van der Waals surface area contributed by atoms with Crippen LogP contribution in [0.5, 0.6) is 0 Å². The molecular formula is C35H64O7. The van der Waals surface area contributed by atoms with Gasteiger partial charge in [0.1, 0.15) is 6.10 Å². The largest absolute Gasteiger partial charge is 0.455 e. The van der Waals surface area contributed by atoms with Crippen LogP contribution in [0.3, 0.4) is 0 Å². The minimum atomic E-state index is -0.781. The quantitative estimate of drug-likeness (QED) is 0.0624. The molecule has 0 amide bonds. The van der Waals surface area contributed by atoms with Gasteiger partial charge in [-0.05, 0) is 57.9 Å². The third kappa shape index (κ3) is 16.2. The maximum Gasteiger partial charge on any atom is 0.334 e. The maximum atomic E-state index is 11.7. The number of aliphatic hydroxyl groups is 4. The predicted octanol–water partition coefficient (Wildman–Crippen LogP) is 7.06. The Labute approximate surface area is 256 Å². The van der Waals surface area contributed by atoms with E-state index in [9.17, 15) is 25.2 Å². The van der Waals surface area contributed by atoms with Crippen LogP contribution in [0.15, 0.2) is 11.6 Å². The number of hydrogen-bond donors (Lipinski definition) is 4. The summed E-state index contributed by atoms with van der Waals surface area (Å²) in [6.07, 6.45) is 22.4. The van der Waals surface area contributed by atoms with Crippen LogP contribution in [-0.2, 0) is 14.3 Å². The van der Waals surface area contributed by atoms with E-state index in [1.807, 2.05) is 6.92 Å². The summed E-state index contributed by atoms with van der Waals surface area (Å²) in [4.78, 5) is 11.7. The number of ether oxygens (including phenoxy) is 2. The first-order valence-corrected chi connectivity index (χ1v) is 17.6. The highest BCUT2D eigenvalue weighted by atomic mass is 16.5. The Morgan fingerprint density at radius 1 is 0.738 bits per heavy atom. The van der Waals surface area contributed by atoms with E-state index in [2.05, 4.69) is 6.92 Å². The van der Waals surface area contributed by atoms with E-state index in [0.29, 0.717) is 37.7 Å². The molecule has 0 aliphatic carbocycles. The van der Waals surface area contributed by atoms with Crippen molar-refractivity contribution in [2.45, 2.75) is 204 Å². The fourth-order valence-electron chi connectivity index (χ4n) is 6.40. The molecule has 2 heterocycles. The number of aliphatic hydroxyl groups excluding tert-OH is 4. The highest BCUT2D eigenvalue weighted by molar-refractivity contribution is 5.90. The van der Waals surface area contributed by atoms with Crippen molar-refractivity contribution in [3.8, 4) is 0 Å². The highest BCUT2D eigenvalue weighted by Gasteiger charge is 2.31. The molecule has 42 heavy (non-hydrogen) atoms. The van der Waals surface area contributed by atoms with Gasteiger partial charge in [0.05, 0.1) is 36.6 Å². The fourth-order valence-corrected chi connectivity index (χ4v) is 6.40. The van der Waals surface area contributed by atoms with Crippen molar-refractivity contribution < 1.29 is 34.7 Å². The molecule has 1 saturated heterocycles. The topological polar surface area (TPSA) is 116 Å². The van der Waals surface area contributed by atoms with Gasteiger partial charge in [-0.3, -0.25) is 0 Å². The van der Waals surface area contributed by atoms with Gasteiger partial charge in [-0.2, -0.15) is 0 Å². The zero-order chi connectivity index (χ0) is 30.6. The van der Waals surface area contributed by atoms with Gasteiger partial charge < -0.3 is 29.9 Å². The van der Waals surface area contributed by atoms with E-state index in [4.69, 9.17) is 9.47 Å². The number of carbonyl (C=O) groups excluding carboxylic acids is 1. The molecule has 0 spiro atoms. The number of cyclic esters (lactones) is 1. The van der Waals surface area contributed by atoms with Crippen LogP contribution in [0.1, 0.15) is 162 Å². The SMILES string of the molecule is CCCCCCCCCCCC[C@H](O)[C@@H](O)CC[C@H](O)[C@H]1CC[C@@H](CCCCCCC[C@@H](O)CC2=C[C@H](C)OC2=O)O1. The standard InChI is InChI=1S/C35H64O7/c1-3-4-5-6-7-8-9-10-14-17-20-31(37)32(38)22-23-33(39)34-24-21-30(42-34)19-16-13-11-12-15-18-29(36)26-28-25-27(2)41-35(28)40/h25,27,29-34,36-39H,3-24,26H2,1-2H3/t27-,29+,30+,31-,32-,33-,34+/m0/s1. The normalized spacial score (nSPS) is 23.5. The monoisotopic (exact) mass is 596 g/mol. The number of esters is 1. The summed E-state index contributed by atoms with van der Waals surface area (Å²) in [6, 6.07) is 0. The van der Waals surface area contributed by atoms with E-state index < -0.39 is 24.4 Å². The lowest BCUT2D eigenvalue weighted by Crippen LogP contribution is -2.31. The van der Waals surface area contributed by atoms with E-state index in [1.165, 1.54) is 51.4 Å². The van der Waals surface area contributed by atoms with Gasteiger partial charge in [-0.15, -0.1) is 0 Å². The first-order valence-electron chi connectivity index (χ1n) is 17.6. The van der Waals surface area contributed by atoms with Crippen molar-refractivity contribution in [1.29, 1.82) is 0 Å². The van der Waals surface area contributed by atoms with Crippen LogP contribution >= 0.6 is 0 Å². The van der Waals surface area contributed by atoms with Gasteiger partial charge in [-0.25, -0.2) is 4.79 Å². The Hall–Kier alpha value is -0.990. The van der Waals surface area contributed by atoms with Crippen molar-refractivity contribution >= 4 is 5.97 Å². The third-order valence-corrected chi connectivity index (χ3v) is 9.14. The molecule has 0 bridgehead atoms. The molecule has 0 aromatic carbocycles. The second kappa shape index (κ2) is 22.5. The summed E-state index contributed by atoms with van der Waals surface area (Å²) in [5.41, 5.74) is 0.600. The lowest BCUT2D eigenvalue weighted by molar-refractivity contribution is -0.139. The molecule has 2 rings (SSSR count). The average Bonchev–Trinajstić information content (AvgIpc) is 3.57. The van der Waals surface area contributed by atoms with Crippen LogP contribution in [-0.4, -0.2) is 69.1 Å². The van der Waals surface area contributed by atoms with Gasteiger partial charge in [0, 0.05) is 12.0 Å². The highest BCUT2D eigenvalue weighted by Crippen LogP contribution is 2.28. The second-order valence-corrected chi connectivity index (χ2v) is 13.1.